The van der Waals surface area contributed by atoms with Crippen molar-refractivity contribution in [2.45, 2.75) is 24.6 Å². The lowest BCUT2D eigenvalue weighted by molar-refractivity contribution is 0.412. The average Bonchev–Trinajstić information content (AvgIpc) is 2.28. The lowest BCUT2D eigenvalue weighted by Crippen LogP contribution is -2.18. The number of rotatable bonds is 2. The van der Waals surface area contributed by atoms with Gasteiger partial charge in [-0.3, -0.25) is 0 Å². The fraction of sp³-hybridized carbons (Fsp3) is 0.750. The van der Waals surface area contributed by atoms with E-state index in [2.05, 4.69) is 13.0 Å². The van der Waals surface area contributed by atoms with E-state index < -0.39 is 5.50 Å². The van der Waals surface area contributed by atoms with Gasteiger partial charge in [-0.2, -0.15) is 0 Å². The van der Waals surface area contributed by atoms with Crippen LogP contribution in [0.5, 0.6) is 0 Å². The molecule has 3 atom stereocenters. The van der Waals surface area contributed by atoms with Gasteiger partial charge in [-0.15, -0.1) is 23.5 Å². The van der Waals surface area contributed by atoms with Crippen LogP contribution < -0.4 is 0 Å². The summed E-state index contributed by atoms with van der Waals surface area (Å²) in [6.45, 7) is 4.13. The van der Waals surface area contributed by atoms with Crippen molar-refractivity contribution < 1.29 is 4.39 Å². The number of thioether (sulfide) groups is 2. The normalized spacial score (nSPS) is 33.6. The van der Waals surface area contributed by atoms with Crippen molar-refractivity contribution in [2.75, 3.05) is 6.26 Å². The smallest absolute Gasteiger partial charge is 0.158 e. The average molecular weight is 192 g/mol. The number of halogens is 1. The molecule has 0 aromatic rings. The first-order valence-electron chi connectivity index (χ1n) is 3.67. The first-order chi connectivity index (χ1) is 5.15. The van der Waals surface area contributed by atoms with Crippen molar-refractivity contribution in [2.24, 2.45) is 5.92 Å². The van der Waals surface area contributed by atoms with Gasteiger partial charge in [0.15, 0.2) is 5.50 Å². The molecular weight excluding hydrogens is 179 g/mol. The molecule has 0 bridgehead atoms. The molecule has 0 aromatic carbocycles. The van der Waals surface area contributed by atoms with Gasteiger partial charge in [-0.25, -0.2) is 4.39 Å². The number of allylic oxidation sites excluding steroid dienone is 2. The molecule has 0 aromatic heterocycles. The summed E-state index contributed by atoms with van der Waals surface area (Å²) >= 11 is 2.98. The summed E-state index contributed by atoms with van der Waals surface area (Å²) in [4.78, 5) is 1.26. The number of alkyl halides is 1. The fourth-order valence-corrected chi connectivity index (χ4v) is 3.39. The van der Waals surface area contributed by atoms with Gasteiger partial charge in [-0.1, -0.05) is 13.0 Å². The third-order valence-electron chi connectivity index (χ3n) is 1.82. The molecule has 64 valence electrons. The van der Waals surface area contributed by atoms with Crippen LogP contribution in [0.4, 0.5) is 4.39 Å². The van der Waals surface area contributed by atoms with E-state index in [9.17, 15) is 4.39 Å². The summed E-state index contributed by atoms with van der Waals surface area (Å²) in [6.07, 6.45) is 3.98. The van der Waals surface area contributed by atoms with Gasteiger partial charge < -0.3 is 0 Å². The molecular formula is C8H13FS2. The van der Waals surface area contributed by atoms with Crippen molar-refractivity contribution in [3.63, 3.8) is 0 Å². The molecule has 0 saturated carbocycles. The highest BCUT2D eigenvalue weighted by Gasteiger charge is 2.30. The number of hydrogen-bond acceptors (Lipinski definition) is 2. The van der Waals surface area contributed by atoms with Crippen molar-refractivity contribution in [3.05, 3.63) is 11.0 Å². The Morgan fingerprint density at radius 1 is 1.73 bits per heavy atom. The van der Waals surface area contributed by atoms with Crippen LogP contribution >= 0.6 is 23.5 Å². The van der Waals surface area contributed by atoms with Crippen LogP contribution in [0.3, 0.4) is 0 Å². The maximum atomic E-state index is 13.2. The SMILES string of the molecule is CS[C@H](F)C1SC(C)=C[C@H]1C. The fourth-order valence-electron chi connectivity index (χ4n) is 1.25. The van der Waals surface area contributed by atoms with Gasteiger partial charge in [0.1, 0.15) is 0 Å². The second-order valence-corrected chi connectivity index (χ2v) is 5.15. The van der Waals surface area contributed by atoms with Gasteiger partial charge >= 0.3 is 0 Å². The summed E-state index contributed by atoms with van der Waals surface area (Å²) in [5.41, 5.74) is -0.719. The Morgan fingerprint density at radius 2 is 2.36 bits per heavy atom. The zero-order chi connectivity index (χ0) is 8.43. The van der Waals surface area contributed by atoms with Crippen LogP contribution in [0.2, 0.25) is 0 Å². The molecule has 0 spiro atoms. The predicted octanol–water partition coefficient (Wildman–Crippen LogP) is 3.30. The summed E-state index contributed by atoms with van der Waals surface area (Å²) in [5.74, 6) is 0.391. The molecule has 11 heavy (non-hydrogen) atoms. The van der Waals surface area contributed by atoms with Crippen molar-refractivity contribution in [1.29, 1.82) is 0 Å². The summed E-state index contributed by atoms with van der Waals surface area (Å²) in [6, 6.07) is 0. The Bertz CT molecular complexity index is 167. The molecule has 0 fully saturated rings. The van der Waals surface area contributed by atoms with Gasteiger partial charge in [0.05, 0.1) is 5.25 Å². The van der Waals surface area contributed by atoms with Crippen LogP contribution in [0.25, 0.3) is 0 Å². The van der Waals surface area contributed by atoms with E-state index >= 15 is 0 Å². The van der Waals surface area contributed by atoms with E-state index in [1.54, 1.807) is 11.8 Å². The first kappa shape index (κ1) is 9.46. The predicted molar refractivity (Wildman–Crippen MR) is 52.7 cm³/mol. The maximum Gasteiger partial charge on any atom is 0.158 e. The van der Waals surface area contributed by atoms with E-state index in [4.69, 9.17) is 0 Å². The molecule has 0 nitrogen and oxygen atoms in total. The highest BCUT2D eigenvalue weighted by atomic mass is 32.2. The Morgan fingerprint density at radius 3 is 2.73 bits per heavy atom. The largest absolute Gasteiger partial charge is 0.234 e. The molecule has 1 rings (SSSR count). The minimum Gasteiger partial charge on any atom is -0.234 e. The third-order valence-corrected chi connectivity index (χ3v) is 4.19. The molecule has 1 unspecified atom stereocenters. The molecule has 0 radical (unpaired) electrons. The van der Waals surface area contributed by atoms with Gasteiger partial charge in [0, 0.05) is 0 Å². The second-order valence-electron chi connectivity index (χ2n) is 2.81. The zero-order valence-electron chi connectivity index (χ0n) is 7.00. The van der Waals surface area contributed by atoms with E-state index in [-0.39, 0.29) is 5.25 Å². The monoisotopic (exact) mass is 192 g/mol. The van der Waals surface area contributed by atoms with Crippen LogP contribution in [0.1, 0.15) is 13.8 Å². The van der Waals surface area contributed by atoms with Gasteiger partial charge in [-0.05, 0) is 24.0 Å². The molecule has 1 aliphatic heterocycles. The van der Waals surface area contributed by atoms with Gasteiger partial charge in [0.2, 0.25) is 0 Å². The van der Waals surface area contributed by atoms with Crippen molar-refractivity contribution in [3.8, 4) is 0 Å². The Kier molecular flexibility index (Phi) is 3.31. The Labute approximate surface area is 76.0 Å². The summed E-state index contributed by atoms with van der Waals surface area (Å²) in [5, 5.41) is 0.144. The molecule has 0 amide bonds. The standard InChI is InChI=1S/C8H13FS2/c1-5-4-6(2)11-7(5)8(9)10-3/h4-5,7-8H,1-3H3/t5-,7?,8+/m1/s1. The van der Waals surface area contributed by atoms with Crippen LogP contribution in [-0.2, 0) is 0 Å². The van der Waals surface area contributed by atoms with Crippen LogP contribution in [0.15, 0.2) is 11.0 Å². The molecule has 0 saturated heterocycles. The topological polar surface area (TPSA) is 0 Å². The van der Waals surface area contributed by atoms with E-state index in [0.717, 1.165) is 0 Å². The highest BCUT2D eigenvalue weighted by molar-refractivity contribution is 8.06. The number of hydrogen-bond donors (Lipinski definition) is 0. The maximum absolute atomic E-state index is 13.2. The molecule has 3 heteroatoms. The summed E-state index contributed by atoms with van der Waals surface area (Å²) < 4.78 is 13.2. The summed E-state index contributed by atoms with van der Waals surface area (Å²) in [7, 11) is 0. The van der Waals surface area contributed by atoms with Crippen molar-refractivity contribution >= 4 is 23.5 Å². The lowest BCUT2D eigenvalue weighted by Gasteiger charge is -2.17. The molecule has 0 N–H and O–H groups in total. The highest BCUT2D eigenvalue weighted by Crippen LogP contribution is 2.41. The van der Waals surface area contributed by atoms with E-state index in [1.807, 2.05) is 13.2 Å². The molecule has 1 aliphatic rings. The van der Waals surface area contributed by atoms with Crippen molar-refractivity contribution in [1.82, 2.24) is 0 Å². The molecule has 1 heterocycles. The quantitative estimate of drug-likeness (QED) is 0.658. The third kappa shape index (κ3) is 2.15. The van der Waals surface area contributed by atoms with Crippen LogP contribution in [0, 0.1) is 5.92 Å². The first-order valence-corrected chi connectivity index (χ1v) is 5.84. The van der Waals surface area contributed by atoms with E-state index in [1.165, 1.54) is 16.7 Å². The second kappa shape index (κ2) is 3.85. The van der Waals surface area contributed by atoms with E-state index in [0.29, 0.717) is 5.92 Å². The van der Waals surface area contributed by atoms with Crippen LogP contribution in [-0.4, -0.2) is 17.0 Å². The zero-order valence-corrected chi connectivity index (χ0v) is 8.64. The minimum absolute atomic E-state index is 0.144. The minimum atomic E-state index is -0.719. The molecule has 0 aliphatic carbocycles. The van der Waals surface area contributed by atoms with Gasteiger partial charge in [0.25, 0.3) is 0 Å². The Hall–Kier alpha value is 0.370. The Balaban J connectivity index is 2.52. The lowest BCUT2D eigenvalue weighted by atomic mass is 10.1.